The highest BCUT2D eigenvalue weighted by Gasteiger charge is 2.40. The third-order valence-corrected chi connectivity index (χ3v) is 7.37. The van der Waals surface area contributed by atoms with Crippen LogP contribution in [0.5, 0.6) is 0 Å². The number of anilines is 1. The first-order valence-electron chi connectivity index (χ1n) is 13.0. The summed E-state index contributed by atoms with van der Waals surface area (Å²) in [5.74, 6) is -2.05. The fourth-order valence-electron chi connectivity index (χ4n) is 5.51. The number of halogens is 2. The SMILES string of the molecule is O=C1C2=CC(Cc3ccc(-n4cccn4)cc3)c3c(F)ccc(F)c3C2=NN1c1ccccc1-c1ccccc1. The molecule has 4 aromatic carbocycles. The summed E-state index contributed by atoms with van der Waals surface area (Å²) in [6, 6.07) is 28.9. The van der Waals surface area contributed by atoms with E-state index in [0.29, 0.717) is 12.1 Å². The van der Waals surface area contributed by atoms with Crippen molar-refractivity contribution in [2.75, 3.05) is 5.01 Å². The van der Waals surface area contributed by atoms with Crippen LogP contribution in [0.25, 0.3) is 16.8 Å². The average molecular weight is 529 g/mol. The van der Waals surface area contributed by atoms with E-state index in [1.807, 2.05) is 91.1 Å². The van der Waals surface area contributed by atoms with E-state index in [1.165, 1.54) is 5.01 Å². The van der Waals surface area contributed by atoms with Crippen molar-refractivity contribution >= 4 is 17.3 Å². The van der Waals surface area contributed by atoms with Gasteiger partial charge in [0.2, 0.25) is 0 Å². The van der Waals surface area contributed by atoms with Crippen molar-refractivity contribution in [1.82, 2.24) is 9.78 Å². The van der Waals surface area contributed by atoms with Gasteiger partial charge in [0.05, 0.1) is 16.9 Å². The standard InChI is InChI=1S/C33H22F2N4O/c34-27-15-16-28(35)31-30(27)23(19-21-11-13-24(14-12-21)38-18-6-17-36-38)20-26-32(31)37-39(33(26)40)29-10-5-4-9-25(29)22-7-2-1-3-8-22/h1-18,20,23H,19H2. The van der Waals surface area contributed by atoms with Crippen LogP contribution >= 0.6 is 0 Å². The molecule has 0 radical (unpaired) electrons. The lowest BCUT2D eigenvalue weighted by Crippen LogP contribution is -2.25. The molecule has 5 nitrogen and oxygen atoms in total. The van der Waals surface area contributed by atoms with Crippen molar-refractivity contribution in [2.24, 2.45) is 5.10 Å². The quantitative estimate of drug-likeness (QED) is 0.251. The highest BCUT2D eigenvalue weighted by Crippen LogP contribution is 2.41. The van der Waals surface area contributed by atoms with E-state index >= 15 is 8.78 Å². The number of hydrazone groups is 1. The minimum atomic E-state index is -0.606. The number of amides is 1. The second-order valence-electron chi connectivity index (χ2n) is 9.77. The van der Waals surface area contributed by atoms with Gasteiger partial charge in [-0.15, -0.1) is 0 Å². The molecule has 1 aliphatic heterocycles. The molecule has 0 saturated heterocycles. The zero-order valence-electron chi connectivity index (χ0n) is 21.2. The minimum absolute atomic E-state index is 0.0451. The Hall–Kier alpha value is -5.17. The van der Waals surface area contributed by atoms with Crippen LogP contribution in [-0.4, -0.2) is 21.4 Å². The van der Waals surface area contributed by atoms with E-state index in [4.69, 9.17) is 0 Å². The largest absolute Gasteiger partial charge is 0.280 e. The molecule has 0 bridgehead atoms. The molecule has 0 N–H and O–H groups in total. The molecule has 194 valence electrons. The number of para-hydroxylation sites is 1. The molecule has 0 fully saturated rings. The van der Waals surface area contributed by atoms with Crippen LogP contribution in [0.1, 0.15) is 22.6 Å². The third kappa shape index (κ3) is 3.94. The first-order chi connectivity index (χ1) is 19.6. The van der Waals surface area contributed by atoms with Gasteiger partial charge in [0.15, 0.2) is 0 Å². The Morgan fingerprint density at radius 1 is 0.800 bits per heavy atom. The predicted octanol–water partition coefficient (Wildman–Crippen LogP) is 6.83. The highest BCUT2D eigenvalue weighted by molar-refractivity contribution is 6.36. The van der Waals surface area contributed by atoms with Crippen LogP contribution in [-0.2, 0) is 11.2 Å². The van der Waals surface area contributed by atoms with Crippen LogP contribution in [0.4, 0.5) is 14.5 Å². The van der Waals surface area contributed by atoms with Crippen molar-refractivity contribution < 1.29 is 13.6 Å². The lowest BCUT2D eigenvalue weighted by atomic mass is 9.79. The van der Waals surface area contributed by atoms with Gasteiger partial charge in [-0.3, -0.25) is 4.79 Å². The van der Waals surface area contributed by atoms with Crippen molar-refractivity contribution in [1.29, 1.82) is 0 Å². The zero-order valence-corrected chi connectivity index (χ0v) is 21.2. The van der Waals surface area contributed by atoms with E-state index in [9.17, 15) is 4.79 Å². The fourth-order valence-corrected chi connectivity index (χ4v) is 5.51. The molecule has 2 aliphatic rings. The summed E-state index contributed by atoms with van der Waals surface area (Å²) in [4.78, 5) is 13.8. The molecule has 40 heavy (non-hydrogen) atoms. The second kappa shape index (κ2) is 9.54. The minimum Gasteiger partial charge on any atom is -0.267 e. The molecule has 1 unspecified atom stereocenters. The number of benzene rings is 4. The smallest absolute Gasteiger partial charge is 0.267 e. The number of rotatable bonds is 5. The molecule has 0 spiro atoms. The van der Waals surface area contributed by atoms with Gasteiger partial charge in [-0.1, -0.05) is 66.7 Å². The number of nitrogens with zero attached hydrogens (tertiary/aromatic N) is 4. The Labute approximate surface area is 229 Å². The summed E-state index contributed by atoms with van der Waals surface area (Å²) >= 11 is 0. The number of aromatic nitrogens is 2. The predicted molar refractivity (Wildman–Crippen MR) is 150 cm³/mol. The van der Waals surface area contributed by atoms with E-state index in [-0.39, 0.29) is 28.3 Å². The molecule has 1 aromatic heterocycles. The lowest BCUT2D eigenvalue weighted by molar-refractivity contribution is -0.114. The fraction of sp³-hybridized carbons (Fsp3) is 0.0606. The van der Waals surface area contributed by atoms with Gasteiger partial charge >= 0.3 is 0 Å². The van der Waals surface area contributed by atoms with Gasteiger partial charge in [-0.2, -0.15) is 15.2 Å². The summed E-state index contributed by atoms with van der Waals surface area (Å²) in [6.07, 6.45) is 5.68. The second-order valence-corrected chi connectivity index (χ2v) is 9.77. The van der Waals surface area contributed by atoms with Crippen molar-refractivity contribution in [3.8, 4) is 16.8 Å². The Balaban J connectivity index is 1.30. The van der Waals surface area contributed by atoms with Crippen LogP contribution in [0.15, 0.2) is 126 Å². The number of fused-ring (bicyclic) bond motifs is 3. The number of allylic oxidation sites excluding steroid dienone is 1. The Morgan fingerprint density at radius 3 is 2.33 bits per heavy atom. The molecule has 2 heterocycles. The molecule has 7 rings (SSSR count). The summed E-state index contributed by atoms with van der Waals surface area (Å²) in [7, 11) is 0. The van der Waals surface area contributed by atoms with Crippen LogP contribution in [0, 0.1) is 11.6 Å². The van der Waals surface area contributed by atoms with E-state index in [2.05, 4.69) is 10.2 Å². The molecule has 7 heteroatoms. The zero-order chi connectivity index (χ0) is 27.2. The monoisotopic (exact) mass is 528 g/mol. The van der Waals surface area contributed by atoms with Gasteiger partial charge in [-0.25, -0.2) is 13.5 Å². The highest BCUT2D eigenvalue weighted by atomic mass is 19.1. The summed E-state index contributed by atoms with van der Waals surface area (Å²) in [5, 5.41) is 10.1. The molecular weight excluding hydrogens is 506 g/mol. The normalized spacial score (nSPS) is 15.9. The lowest BCUT2D eigenvalue weighted by Gasteiger charge is -2.24. The Kier molecular flexibility index (Phi) is 5.70. The van der Waals surface area contributed by atoms with Gasteiger partial charge < -0.3 is 0 Å². The maximum Gasteiger partial charge on any atom is 0.280 e. The first kappa shape index (κ1) is 23.9. The maximum absolute atomic E-state index is 15.4. The molecule has 1 atom stereocenters. The van der Waals surface area contributed by atoms with Crippen molar-refractivity contribution in [3.63, 3.8) is 0 Å². The average Bonchev–Trinajstić information content (AvgIpc) is 3.64. The Morgan fingerprint density at radius 2 is 1.55 bits per heavy atom. The van der Waals surface area contributed by atoms with E-state index in [0.717, 1.165) is 34.5 Å². The first-order valence-corrected chi connectivity index (χ1v) is 13.0. The van der Waals surface area contributed by atoms with E-state index < -0.39 is 17.6 Å². The molecule has 1 amide bonds. The van der Waals surface area contributed by atoms with Crippen molar-refractivity contribution in [2.45, 2.75) is 12.3 Å². The van der Waals surface area contributed by atoms with Crippen LogP contribution < -0.4 is 5.01 Å². The van der Waals surface area contributed by atoms with Gasteiger partial charge in [-0.05, 0) is 53.9 Å². The topological polar surface area (TPSA) is 50.5 Å². The summed E-state index contributed by atoms with van der Waals surface area (Å²) < 4.78 is 32.5. The molecule has 0 saturated carbocycles. The molecule has 5 aromatic rings. The third-order valence-electron chi connectivity index (χ3n) is 7.37. The molecular formula is C33H22F2N4O. The van der Waals surface area contributed by atoms with Crippen molar-refractivity contribution in [3.05, 3.63) is 149 Å². The summed E-state index contributed by atoms with van der Waals surface area (Å²) in [5.41, 5.74) is 4.81. The van der Waals surface area contributed by atoms with Gasteiger partial charge in [0.25, 0.3) is 5.91 Å². The number of carbonyl (C=O) groups excluding carboxylic acids is 1. The van der Waals surface area contributed by atoms with Crippen LogP contribution in [0.3, 0.4) is 0 Å². The summed E-state index contributed by atoms with van der Waals surface area (Å²) in [6.45, 7) is 0. The molecule has 1 aliphatic carbocycles. The maximum atomic E-state index is 15.4. The van der Waals surface area contributed by atoms with Gasteiger partial charge in [0, 0.05) is 35.0 Å². The van der Waals surface area contributed by atoms with Gasteiger partial charge in [0.1, 0.15) is 17.3 Å². The number of hydrogen-bond donors (Lipinski definition) is 0. The van der Waals surface area contributed by atoms with E-state index in [1.54, 1.807) is 17.0 Å². The number of carbonyl (C=O) groups is 1. The number of hydrogen-bond acceptors (Lipinski definition) is 3. The van der Waals surface area contributed by atoms with Crippen LogP contribution in [0.2, 0.25) is 0 Å². The Bertz CT molecular complexity index is 1810.